The minimum absolute atomic E-state index is 0.0545. The van der Waals surface area contributed by atoms with E-state index < -0.39 is 16.2 Å². The van der Waals surface area contributed by atoms with Gasteiger partial charge in [-0.15, -0.1) is 0 Å². The molecule has 0 fully saturated rings. The largest absolute Gasteiger partial charge is 0.384 e. The number of dihydropyridines is 1. The number of rotatable bonds is 3. The highest BCUT2D eigenvalue weighted by Gasteiger charge is 2.30. The molecule has 1 aliphatic heterocycles. The van der Waals surface area contributed by atoms with E-state index in [9.17, 15) is 9.59 Å². The zero-order valence-corrected chi connectivity index (χ0v) is 15.9. The molecule has 4 rings (SSSR count). The van der Waals surface area contributed by atoms with Crippen LogP contribution in [0.15, 0.2) is 69.2 Å². The van der Waals surface area contributed by atoms with Crippen LogP contribution in [0.4, 0.5) is 5.82 Å². The molecule has 0 amide bonds. The molecule has 3 aromatic rings. The number of para-hydroxylation sites is 1. The second kappa shape index (κ2) is 6.76. The van der Waals surface area contributed by atoms with E-state index in [1.807, 2.05) is 25.1 Å². The predicted octanol–water partition coefficient (Wildman–Crippen LogP) is 2.49. The van der Waals surface area contributed by atoms with E-state index in [0.717, 1.165) is 10.3 Å². The molecule has 142 valence electrons. The summed E-state index contributed by atoms with van der Waals surface area (Å²) in [5, 5.41) is 0.282. The molecule has 0 radical (unpaired) electrons. The number of allylic oxidation sites excluding steroid dienone is 1. The number of nitrogens with zero attached hydrogens (tertiary/aromatic N) is 4. The highest BCUT2D eigenvalue weighted by atomic mass is 35.5. The highest BCUT2D eigenvalue weighted by molar-refractivity contribution is 6.25. The first kappa shape index (κ1) is 18.2. The summed E-state index contributed by atoms with van der Waals surface area (Å²) in [7, 11) is 0. The first-order valence-corrected chi connectivity index (χ1v) is 9.15. The summed E-state index contributed by atoms with van der Waals surface area (Å²) in [6, 6.07) is 12.1. The van der Waals surface area contributed by atoms with Gasteiger partial charge in [0.1, 0.15) is 5.82 Å². The fourth-order valence-corrected chi connectivity index (χ4v) is 3.69. The lowest BCUT2D eigenvalue weighted by Crippen LogP contribution is -2.44. The number of nitrogen functional groups attached to an aromatic ring is 1. The van der Waals surface area contributed by atoms with Gasteiger partial charge < -0.3 is 5.73 Å². The molecule has 1 atom stereocenters. The molecule has 8 heteroatoms. The van der Waals surface area contributed by atoms with Gasteiger partial charge in [0, 0.05) is 12.1 Å². The Labute approximate surface area is 165 Å². The van der Waals surface area contributed by atoms with Crippen molar-refractivity contribution in [1.29, 1.82) is 0 Å². The lowest BCUT2D eigenvalue weighted by Gasteiger charge is -2.25. The Morgan fingerprint density at radius 2 is 1.93 bits per heavy atom. The molecule has 7 nitrogen and oxygen atoms in total. The number of pyridine rings is 1. The van der Waals surface area contributed by atoms with Crippen LogP contribution in [0.3, 0.4) is 0 Å². The Bertz CT molecular complexity index is 1240. The van der Waals surface area contributed by atoms with Crippen LogP contribution in [0.5, 0.6) is 0 Å². The van der Waals surface area contributed by atoms with E-state index in [-0.39, 0.29) is 23.4 Å². The summed E-state index contributed by atoms with van der Waals surface area (Å²) in [5.74, 6) is 0.222. The van der Waals surface area contributed by atoms with Crippen molar-refractivity contribution in [2.75, 3.05) is 5.73 Å². The maximum atomic E-state index is 13.3. The molecule has 0 aliphatic carbocycles. The number of hydrogen-bond acceptors (Lipinski definition) is 5. The quantitative estimate of drug-likeness (QED) is 0.544. The lowest BCUT2D eigenvalue weighted by atomic mass is 10.1. The van der Waals surface area contributed by atoms with Gasteiger partial charge in [0.2, 0.25) is 0 Å². The Kier molecular flexibility index (Phi) is 4.39. The van der Waals surface area contributed by atoms with E-state index in [1.54, 1.807) is 30.3 Å². The van der Waals surface area contributed by atoms with Gasteiger partial charge >= 0.3 is 5.69 Å². The molecule has 0 saturated carbocycles. The van der Waals surface area contributed by atoms with Gasteiger partial charge in [0.25, 0.3) is 5.56 Å². The van der Waals surface area contributed by atoms with Crippen LogP contribution in [0.25, 0.3) is 16.7 Å². The van der Waals surface area contributed by atoms with Gasteiger partial charge in [0.15, 0.2) is 10.6 Å². The monoisotopic (exact) mass is 395 g/mol. The van der Waals surface area contributed by atoms with Crippen molar-refractivity contribution in [1.82, 2.24) is 14.1 Å². The van der Waals surface area contributed by atoms with Crippen molar-refractivity contribution in [2.45, 2.75) is 24.9 Å². The molecular formula is C20H18ClN5O2. The first-order chi connectivity index (χ1) is 13.4. The predicted molar refractivity (Wildman–Crippen MR) is 111 cm³/mol. The van der Waals surface area contributed by atoms with E-state index >= 15 is 0 Å². The molecular weight excluding hydrogens is 378 g/mol. The van der Waals surface area contributed by atoms with Crippen LogP contribution >= 0.6 is 11.6 Å². The maximum Gasteiger partial charge on any atom is 0.337 e. The smallest absolute Gasteiger partial charge is 0.337 e. The van der Waals surface area contributed by atoms with Crippen molar-refractivity contribution in [3.05, 3.63) is 75.5 Å². The second-order valence-corrected chi connectivity index (χ2v) is 7.43. The van der Waals surface area contributed by atoms with Gasteiger partial charge in [-0.2, -0.15) is 0 Å². The molecule has 0 spiro atoms. The SMILES string of the molecule is CC1=NC(Cl)(Cn2c(=O)c3ccc(N)nc3n(-c3ccccc3)c2=O)CC=C1. The van der Waals surface area contributed by atoms with Crippen LogP contribution < -0.4 is 17.0 Å². The number of hydrogen-bond donors (Lipinski definition) is 1. The minimum Gasteiger partial charge on any atom is -0.384 e. The minimum atomic E-state index is -1.09. The van der Waals surface area contributed by atoms with Crippen LogP contribution in [-0.4, -0.2) is 24.8 Å². The molecule has 2 aromatic heterocycles. The number of halogens is 1. The lowest BCUT2D eigenvalue weighted by molar-refractivity contribution is 0.473. The average molecular weight is 396 g/mol. The number of nitrogens with two attached hydrogens (primary N) is 1. The van der Waals surface area contributed by atoms with Gasteiger partial charge in [0.05, 0.1) is 17.6 Å². The zero-order chi connectivity index (χ0) is 19.9. The van der Waals surface area contributed by atoms with E-state index in [0.29, 0.717) is 12.1 Å². The number of benzene rings is 1. The van der Waals surface area contributed by atoms with Crippen LogP contribution in [0, 0.1) is 0 Å². The fourth-order valence-electron chi connectivity index (χ4n) is 3.34. The van der Waals surface area contributed by atoms with Gasteiger partial charge in [-0.3, -0.25) is 14.4 Å². The highest BCUT2D eigenvalue weighted by Crippen LogP contribution is 2.27. The number of fused-ring (bicyclic) bond motifs is 1. The molecule has 0 saturated heterocycles. The van der Waals surface area contributed by atoms with Crippen LogP contribution in [0.2, 0.25) is 0 Å². The van der Waals surface area contributed by atoms with Crippen molar-refractivity contribution < 1.29 is 0 Å². The molecule has 0 bridgehead atoms. The van der Waals surface area contributed by atoms with Crippen molar-refractivity contribution in [3.63, 3.8) is 0 Å². The summed E-state index contributed by atoms with van der Waals surface area (Å²) < 4.78 is 2.50. The van der Waals surface area contributed by atoms with E-state index in [1.165, 1.54) is 10.6 Å². The van der Waals surface area contributed by atoms with Gasteiger partial charge in [-0.25, -0.2) is 14.3 Å². The van der Waals surface area contributed by atoms with Crippen LogP contribution in [0.1, 0.15) is 13.3 Å². The number of anilines is 1. The normalized spacial score (nSPS) is 19.0. The van der Waals surface area contributed by atoms with Crippen LogP contribution in [-0.2, 0) is 6.54 Å². The molecule has 1 aromatic carbocycles. The fraction of sp³-hybridized carbons (Fsp3) is 0.200. The summed E-state index contributed by atoms with van der Waals surface area (Å²) in [5.41, 5.74) is 6.34. The molecule has 2 N–H and O–H groups in total. The number of aromatic nitrogens is 3. The van der Waals surface area contributed by atoms with Crippen molar-refractivity contribution in [2.24, 2.45) is 4.99 Å². The third-order valence-corrected chi connectivity index (χ3v) is 4.95. The standard InChI is InChI=1S/C20H18ClN5O2/c1-13-6-5-11-20(21,24-13)12-25-18(27)15-9-10-16(22)23-17(15)26(19(25)28)14-7-3-2-4-8-14/h2-10H,11-12H2,1H3,(H2,22,23). The Balaban J connectivity index is 2.01. The Morgan fingerprint density at radius 1 is 1.18 bits per heavy atom. The Hall–Kier alpha value is -3.19. The summed E-state index contributed by atoms with van der Waals surface area (Å²) >= 11 is 6.64. The second-order valence-electron chi connectivity index (χ2n) is 6.73. The topological polar surface area (TPSA) is 95.3 Å². The third kappa shape index (κ3) is 3.14. The maximum absolute atomic E-state index is 13.3. The first-order valence-electron chi connectivity index (χ1n) is 8.77. The van der Waals surface area contributed by atoms with Crippen molar-refractivity contribution >= 4 is 34.2 Å². The average Bonchev–Trinajstić information content (AvgIpc) is 2.66. The van der Waals surface area contributed by atoms with Crippen molar-refractivity contribution in [3.8, 4) is 5.69 Å². The van der Waals surface area contributed by atoms with E-state index in [4.69, 9.17) is 17.3 Å². The Morgan fingerprint density at radius 3 is 2.64 bits per heavy atom. The summed E-state index contributed by atoms with van der Waals surface area (Å²) in [4.78, 5) is 34.0. The number of aliphatic imine (C=N–C) groups is 1. The van der Waals surface area contributed by atoms with Gasteiger partial charge in [-0.05, 0) is 37.3 Å². The summed E-state index contributed by atoms with van der Waals surface area (Å²) in [6.07, 6.45) is 4.17. The summed E-state index contributed by atoms with van der Waals surface area (Å²) in [6.45, 7) is 1.77. The molecule has 3 heterocycles. The third-order valence-electron chi connectivity index (χ3n) is 4.59. The van der Waals surface area contributed by atoms with Gasteiger partial charge in [-0.1, -0.05) is 35.9 Å². The van der Waals surface area contributed by atoms with E-state index in [2.05, 4.69) is 9.98 Å². The number of alkyl halides is 1. The molecule has 28 heavy (non-hydrogen) atoms. The zero-order valence-electron chi connectivity index (χ0n) is 15.2. The molecule has 1 unspecified atom stereocenters. The molecule has 1 aliphatic rings.